The summed E-state index contributed by atoms with van der Waals surface area (Å²) < 4.78 is 26.8. The van der Waals surface area contributed by atoms with Gasteiger partial charge in [0.1, 0.15) is 9.09 Å². The second-order valence-corrected chi connectivity index (χ2v) is 7.20. The number of carboxylic acid groups (broad SMARTS) is 1. The van der Waals surface area contributed by atoms with Crippen LogP contribution in [0.15, 0.2) is 46.7 Å². The van der Waals surface area contributed by atoms with E-state index in [4.69, 9.17) is 5.11 Å². The molecule has 106 valence electrons. The summed E-state index contributed by atoms with van der Waals surface area (Å²) >= 11 is 0.735. The first kappa shape index (κ1) is 14.7. The van der Waals surface area contributed by atoms with Gasteiger partial charge in [0.2, 0.25) is 0 Å². The lowest BCUT2D eigenvalue weighted by molar-refractivity contribution is 0.0702. The van der Waals surface area contributed by atoms with Crippen LogP contribution < -0.4 is 4.72 Å². The zero-order valence-electron chi connectivity index (χ0n) is 10.6. The summed E-state index contributed by atoms with van der Waals surface area (Å²) in [5.74, 6) is -1.13. The molecule has 0 aliphatic heterocycles. The van der Waals surface area contributed by atoms with Gasteiger partial charge in [0.05, 0.1) is 0 Å². The molecule has 0 bridgehead atoms. The molecule has 20 heavy (non-hydrogen) atoms. The van der Waals surface area contributed by atoms with Gasteiger partial charge < -0.3 is 5.11 Å². The summed E-state index contributed by atoms with van der Waals surface area (Å²) in [7, 11) is -3.72. The van der Waals surface area contributed by atoms with Crippen molar-refractivity contribution in [2.75, 3.05) is 0 Å². The predicted molar refractivity (Wildman–Crippen MR) is 76.5 cm³/mol. The molecular weight excluding hydrogens is 298 g/mol. The Labute approximate surface area is 120 Å². The third-order valence-corrected chi connectivity index (χ3v) is 5.79. The van der Waals surface area contributed by atoms with Crippen molar-refractivity contribution in [3.63, 3.8) is 0 Å². The zero-order valence-corrected chi connectivity index (χ0v) is 12.2. The first-order valence-electron chi connectivity index (χ1n) is 5.80. The smallest absolute Gasteiger partial charge is 0.345 e. The normalized spacial score (nSPS) is 13.1. The van der Waals surface area contributed by atoms with E-state index in [1.54, 1.807) is 6.92 Å². The molecule has 0 radical (unpaired) electrons. The Hall–Kier alpha value is -1.70. The molecule has 1 heterocycles. The Balaban J connectivity index is 2.20. The van der Waals surface area contributed by atoms with Gasteiger partial charge in [-0.1, -0.05) is 30.3 Å². The summed E-state index contributed by atoms with van der Waals surface area (Å²) in [5.41, 5.74) is 0.839. The molecule has 1 atom stereocenters. The lowest BCUT2D eigenvalue weighted by atomic mass is 10.1. The van der Waals surface area contributed by atoms with Crippen LogP contribution in [-0.2, 0) is 10.0 Å². The molecule has 0 saturated heterocycles. The van der Waals surface area contributed by atoms with Crippen LogP contribution in [0.25, 0.3) is 0 Å². The number of carboxylic acids is 1. The number of carbonyl (C=O) groups is 1. The van der Waals surface area contributed by atoms with Crippen molar-refractivity contribution in [3.8, 4) is 0 Å². The second kappa shape index (κ2) is 5.74. The molecule has 7 heteroatoms. The highest BCUT2D eigenvalue weighted by atomic mass is 32.2. The molecule has 0 unspecified atom stereocenters. The maximum absolute atomic E-state index is 12.2. The molecule has 5 nitrogen and oxygen atoms in total. The van der Waals surface area contributed by atoms with Crippen LogP contribution in [0.3, 0.4) is 0 Å². The summed E-state index contributed by atoms with van der Waals surface area (Å²) in [6.45, 7) is 1.73. The molecule has 2 N–H and O–H groups in total. The molecule has 0 saturated carbocycles. The van der Waals surface area contributed by atoms with E-state index in [-0.39, 0.29) is 9.09 Å². The van der Waals surface area contributed by atoms with Gasteiger partial charge in [0, 0.05) is 6.04 Å². The van der Waals surface area contributed by atoms with E-state index in [0.717, 1.165) is 16.9 Å². The fourth-order valence-electron chi connectivity index (χ4n) is 1.68. The van der Waals surface area contributed by atoms with Crippen LogP contribution in [-0.4, -0.2) is 19.5 Å². The number of thiophene rings is 1. The van der Waals surface area contributed by atoms with E-state index in [2.05, 4.69) is 4.72 Å². The molecule has 0 aliphatic carbocycles. The minimum atomic E-state index is -3.72. The fourth-order valence-corrected chi connectivity index (χ4v) is 4.07. The lowest BCUT2D eigenvalue weighted by Crippen LogP contribution is -2.26. The summed E-state index contributed by atoms with van der Waals surface area (Å²) in [6, 6.07) is 11.3. The van der Waals surface area contributed by atoms with Crippen LogP contribution in [0.4, 0.5) is 0 Å². The highest BCUT2D eigenvalue weighted by molar-refractivity contribution is 7.91. The third kappa shape index (κ3) is 3.24. The summed E-state index contributed by atoms with van der Waals surface area (Å²) in [6.07, 6.45) is 0. The Bertz CT molecular complexity index is 707. The minimum Gasteiger partial charge on any atom is -0.477 e. The van der Waals surface area contributed by atoms with Gasteiger partial charge in [-0.25, -0.2) is 17.9 Å². The second-order valence-electron chi connectivity index (χ2n) is 4.18. The Morgan fingerprint density at radius 3 is 2.40 bits per heavy atom. The van der Waals surface area contributed by atoms with Crippen molar-refractivity contribution in [1.82, 2.24) is 4.72 Å². The molecule has 2 aromatic rings. The number of aromatic carboxylic acids is 1. The molecule has 0 amide bonds. The zero-order chi connectivity index (χ0) is 14.8. The van der Waals surface area contributed by atoms with Gasteiger partial charge in [0.25, 0.3) is 10.0 Å². The highest BCUT2D eigenvalue weighted by Gasteiger charge is 2.21. The maximum atomic E-state index is 12.2. The number of nitrogens with one attached hydrogen (secondary N) is 1. The van der Waals surface area contributed by atoms with Crippen molar-refractivity contribution >= 4 is 27.3 Å². The molecule has 0 fully saturated rings. The summed E-state index contributed by atoms with van der Waals surface area (Å²) in [4.78, 5) is 10.8. The molecule has 1 aromatic heterocycles. The largest absolute Gasteiger partial charge is 0.477 e. The molecular formula is C13H13NO4S2. The monoisotopic (exact) mass is 311 g/mol. The van der Waals surface area contributed by atoms with Gasteiger partial charge in [-0.3, -0.25) is 0 Å². The Morgan fingerprint density at radius 1 is 1.20 bits per heavy atom. The lowest BCUT2D eigenvalue weighted by Gasteiger charge is -2.13. The van der Waals surface area contributed by atoms with Crippen molar-refractivity contribution < 1.29 is 18.3 Å². The van der Waals surface area contributed by atoms with Gasteiger partial charge >= 0.3 is 5.97 Å². The third-order valence-electron chi connectivity index (χ3n) is 2.69. The Kier molecular flexibility index (Phi) is 4.22. The SMILES string of the molecule is C[C@H](NS(=O)(=O)c1ccc(C(=O)O)s1)c1ccccc1. The van der Waals surface area contributed by atoms with E-state index in [9.17, 15) is 13.2 Å². The average Bonchev–Trinajstić information content (AvgIpc) is 2.90. The van der Waals surface area contributed by atoms with Crippen LogP contribution >= 0.6 is 11.3 Å². The van der Waals surface area contributed by atoms with E-state index in [1.165, 1.54) is 12.1 Å². The van der Waals surface area contributed by atoms with Crippen molar-refractivity contribution in [2.24, 2.45) is 0 Å². The number of benzene rings is 1. The standard InChI is InChI=1S/C13H13NO4S2/c1-9(10-5-3-2-4-6-10)14-20(17,18)12-8-7-11(19-12)13(15)16/h2-9,14H,1H3,(H,15,16)/t9-/m0/s1. The van der Waals surface area contributed by atoms with E-state index >= 15 is 0 Å². The number of rotatable bonds is 5. The number of hydrogen-bond acceptors (Lipinski definition) is 4. The van der Waals surface area contributed by atoms with Gasteiger partial charge in [-0.15, -0.1) is 11.3 Å². The van der Waals surface area contributed by atoms with Crippen molar-refractivity contribution in [3.05, 3.63) is 52.9 Å². The van der Waals surface area contributed by atoms with Gasteiger partial charge in [-0.2, -0.15) is 0 Å². The van der Waals surface area contributed by atoms with Crippen LogP contribution in [0.1, 0.15) is 28.2 Å². The summed E-state index contributed by atoms with van der Waals surface area (Å²) in [5, 5.41) is 8.82. The van der Waals surface area contributed by atoms with Crippen molar-refractivity contribution in [1.29, 1.82) is 0 Å². The van der Waals surface area contributed by atoms with E-state index in [0.29, 0.717) is 0 Å². The number of sulfonamides is 1. The van der Waals surface area contributed by atoms with E-state index < -0.39 is 22.0 Å². The van der Waals surface area contributed by atoms with E-state index in [1.807, 2.05) is 30.3 Å². The van der Waals surface area contributed by atoms with Crippen LogP contribution in [0.2, 0.25) is 0 Å². The molecule has 1 aromatic carbocycles. The quantitative estimate of drug-likeness (QED) is 0.888. The first-order chi connectivity index (χ1) is 9.40. The topological polar surface area (TPSA) is 83.5 Å². The predicted octanol–water partition coefficient (Wildman–Crippen LogP) is 2.49. The minimum absolute atomic E-state index is 0.00209. The number of hydrogen-bond donors (Lipinski definition) is 2. The van der Waals surface area contributed by atoms with Crippen LogP contribution in [0.5, 0.6) is 0 Å². The van der Waals surface area contributed by atoms with Crippen molar-refractivity contribution in [2.45, 2.75) is 17.2 Å². The van der Waals surface area contributed by atoms with Crippen LogP contribution in [0, 0.1) is 0 Å². The average molecular weight is 311 g/mol. The Morgan fingerprint density at radius 2 is 1.85 bits per heavy atom. The molecule has 0 aliphatic rings. The molecule has 2 rings (SSSR count). The van der Waals surface area contributed by atoms with Gasteiger partial charge in [-0.05, 0) is 24.6 Å². The highest BCUT2D eigenvalue weighted by Crippen LogP contribution is 2.23. The fraction of sp³-hybridized carbons (Fsp3) is 0.154. The van der Waals surface area contributed by atoms with Gasteiger partial charge in [0.15, 0.2) is 0 Å². The first-order valence-corrected chi connectivity index (χ1v) is 8.10. The molecule has 0 spiro atoms. The maximum Gasteiger partial charge on any atom is 0.345 e.